The van der Waals surface area contributed by atoms with Crippen LogP contribution in [0.3, 0.4) is 0 Å². The van der Waals surface area contributed by atoms with Crippen molar-refractivity contribution in [2.45, 2.75) is 13.5 Å². The number of nitrogens with zero attached hydrogens (tertiary/aromatic N) is 3. The normalized spacial score (nSPS) is 10.6. The molecule has 0 radical (unpaired) electrons. The second-order valence-electron chi connectivity index (χ2n) is 5.45. The van der Waals surface area contributed by atoms with E-state index in [2.05, 4.69) is 20.6 Å². The number of carbonyl (C=O) groups excluding carboxylic acids is 1. The van der Waals surface area contributed by atoms with Gasteiger partial charge in [0.25, 0.3) is 5.91 Å². The first-order valence-electron chi connectivity index (χ1n) is 7.55. The Kier molecular flexibility index (Phi) is 4.33. The Morgan fingerprint density at radius 1 is 1.33 bits per heavy atom. The zero-order valence-corrected chi connectivity index (χ0v) is 13.8. The van der Waals surface area contributed by atoms with E-state index in [4.69, 9.17) is 4.74 Å². The van der Waals surface area contributed by atoms with Crippen LogP contribution in [0.5, 0.6) is 5.75 Å². The second-order valence-corrected chi connectivity index (χ2v) is 5.45. The molecule has 2 N–H and O–H groups in total. The van der Waals surface area contributed by atoms with E-state index in [1.54, 1.807) is 17.9 Å². The van der Waals surface area contributed by atoms with Gasteiger partial charge in [0.2, 0.25) is 0 Å². The summed E-state index contributed by atoms with van der Waals surface area (Å²) in [5, 5.41) is 14.1. The van der Waals surface area contributed by atoms with Gasteiger partial charge in [-0.25, -0.2) is 0 Å². The zero-order chi connectivity index (χ0) is 17.1. The number of methoxy groups -OCH3 is 1. The highest BCUT2D eigenvalue weighted by atomic mass is 16.5. The predicted octanol–water partition coefficient (Wildman–Crippen LogP) is 2.06. The van der Waals surface area contributed by atoms with Gasteiger partial charge in [0.1, 0.15) is 11.4 Å². The molecule has 0 unspecified atom stereocenters. The molecule has 0 spiro atoms. The Bertz CT molecular complexity index is 866. The largest absolute Gasteiger partial charge is 0.496 e. The van der Waals surface area contributed by atoms with Crippen LogP contribution in [0.1, 0.15) is 21.9 Å². The third-order valence-electron chi connectivity index (χ3n) is 3.73. The summed E-state index contributed by atoms with van der Waals surface area (Å²) in [5.74, 6) is 0.490. The van der Waals surface area contributed by atoms with E-state index in [9.17, 15) is 4.79 Å². The molecule has 0 aliphatic rings. The molecule has 1 amide bonds. The van der Waals surface area contributed by atoms with Crippen LogP contribution in [0.25, 0.3) is 11.3 Å². The number of amides is 1. The van der Waals surface area contributed by atoms with Crippen LogP contribution in [0, 0.1) is 6.92 Å². The molecule has 3 rings (SSSR count). The lowest BCUT2D eigenvalue weighted by Gasteiger charge is -2.04. The van der Waals surface area contributed by atoms with Gasteiger partial charge in [-0.15, -0.1) is 0 Å². The standard InChI is InChI=1S/C17H19N5O2/c1-11-8-12(22(2)21-11)10-18-17(23)15-9-14(19-20-15)13-6-4-5-7-16(13)24-3/h4-9H,10H2,1-3H3,(H,18,23)(H,19,20). The fourth-order valence-electron chi connectivity index (χ4n) is 2.53. The summed E-state index contributed by atoms with van der Waals surface area (Å²) in [5.41, 5.74) is 3.74. The highest BCUT2D eigenvalue weighted by molar-refractivity contribution is 5.93. The highest BCUT2D eigenvalue weighted by Crippen LogP contribution is 2.28. The number of nitrogens with one attached hydrogen (secondary N) is 2. The number of ether oxygens (including phenoxy) is 1. The van der Waals surface area contributed by atoms with E-state index >= 15 is 0 Å². The van der Waals surface area contributed by atoms with Gasteiger partial charge in [-0.05, 0) is 31.2 Å². The van der Waals surface area contributed by atoms with Crippen LogP contribution in [-0.2, 0) is 13.6 Å². The number of para-hydroxylation sites is 1. The third-order valence-corrected chi connectivity index (χ3v) is 3.73. The monoisotopic (exact) mass is 325 g/mol. The molecule has 0 saturated carbocycles. The van der Waals surface area contributed by atoms with E-state index in [0.29, 0.717) is 23.7 Å². The van der Waals surface area contributed by atoms with Crippen LogP contribution in [0.15, 0.2) is 36.4 Å². The van der Waals surface area contributed by atoms with Gasteiger partial charge in [0.05, 0.1) is 30.7 Å². The number of hydrogen-bond acceptors (Lipinski definition) is 4. The van der Waals surface area contributed by atoms with Gasteiger partial charge < -0.3 is 10.1 Å². The first-order valence-corrected chi connectivity index (χ1v) is 7.55. The summed E-state index contributed by atoms with van der Waals surface area (Å²) >= 11 is 0. The number of aryl methyl sites for hydroxylation is 2. The number of carbonyl (C=O) groups is 1. The van der Waals surface area contributed by atoms with Gasteiger partial charge >= 0.3 is 0 Å². The molecule has 7 nitrogen and oxygen atoms in total. The van der Waals surface area contributed by atoms with Crippen molar-refractivity contribution in [1.29, 1.82) is 0 Å². The molecule has 0 aliphatic carbocycles. The molecule has 3 aromatic rings. The van der Waals surface area contributed by atoms with Crippen molar-refractivity contribution in [3.8, 4) is 17.0 Å². The number of rotatable bonds is 5. The molecule has 124 valence electrons. The lowest BCUT2D eigenvalue weighted by molar-refractivity contribution is 0.0945. The Morgan fingerprint density at radius 2 is 2.12 bits per heavy atom. The Labute approximate surface area is 139 Å². The summed E-state index contributed by atoms with van der Waals surface area (Å²) in [4.78, 5) is 12.3. The molecule has 0 bridgehead atoms. The number of hydrogen-bond donors (Lipinski definition) is 2. The Hall–Kier alpha value is -3.09. The highest BCUT2D eigenvalue weighted by Gasteiger charge is 2.14. The number of aromatic nitrogens is 4. The summed E-state index contributed by atoms with van der Waals surface area (Å²) in [6, 6.07) is 11.2. The van der Waals surface area contributed by atoms with Crippen molar-refractivity contribution in [3.63, 3.8) is 0 Å². The molecule has 0 saturated heterocycles. The summed E-state index contributed by atoms with van der Waals surface area (Å²) in [7, 11) is 3.46. The first kappa shape index (κ1) is 15.8. The first-order chi connectivity index (χ1) is 11.6. The van der Waals surface area contributed by atoms with E-state index in [1.807, 2.05) is 44.3 Å². The van der Waals surface area contributed by atoms with E-state index in [1.165, 1.54) is 0 Å². The van der Waals surface area contributed by atoms with E-state index in [-0.39, 0.29) is 5.91 Å². The van der Waals surface area contributed by atoms with Crippen molar-refractivity contribution in [1.82, 2.24) is 25.3 Å². The van der Waals surface area contributed by atoms with E-state index < -0.39 is 0 Å². The summed E-state index contributed by atoms with van der Waals surface area (Å²) in [6.45, 7) is 2.32. The molecule has 2 aromatic heterocycles. The molecule has 1 aromatic carbocycles. The minimum Gasteiger partial charge on any atom is -0.496 e. The summed E-state index contributed by atoms with van der Waals surface area (Å²) in [6.07, 6.45) is 0. The van der Waals surface area contributed by atoms with Crippen molar-refractivity contribution >= 4 is 5.91 Å². The minimum atomic E-state index is -0.220. The maximum absolute atomic E-state index is 12.3. The lowest BCUT2D eigenvalue weighted by Crippen LogP contribution is -2.24. The smallest absolute Gasteiger partial charge is 0.269 e. The molecular formula is C17H19N5O2. The second kappa shape index (κ2) is 6.57. The minimum absolute atomic E-state index is 0.220. The molecular weight excluding hydrogens is 306 g/mol. The van der Waals surface area contributed by atoms with Crippen molar-refractivity contribution in [3.05, 3.63) is 53.5 Å². The van der Waals surface area contributed by atoms with Crippen molar-refractivity contribution in [2.75, 3.05) is 7.11 Å². The van der Waals surface area contributed by atoms with Crippen molar-refractivity contribution < 1.29 is 9.53 Å². The third kappa shape index (κ3) is 3.15. The van der Waals surface area contributed by atoms with Gasteiger partial charge in [-0.2, -0.15) is 10.2 Å². The van der Waals surface area contributed by atoms with Gasteiger partial charge in [0, 0.05) is 12.6 Å². The van der Waals surface area contributed by atoms with Gasteiger partial charge in [0.15, 0.2) is 0 Å². The predicted molar refractivity (Wildman–Crippen MR) is 89.7 cm³/mol. The van der Waals surface area contributed by atoms with Crippen molar-refractivity contribution in [2.24, 2.45) is 7.05 Å². The Balaban J connectivity index is 1.73. The zero-order valence-electron chi connectivity index (χ0n) is 13.8. The SMILES string of the molecule is COc1ccccc1-c1cc(C(=O)NCc2cc(C)nn2C)[nH]n1. The average molecular weight is 325 g/mol. The number of benzene rings is 1. The van der Waals surface area contributed by atoms with Crippen LogP contribution < -0.4 is 10.1 Å². The maximum Gasteiger partial charge on any atom is 0.269 e. The molecule has 0 fully saturated rings. The molecule has 0 aliphatic heterocycles. The molecule has 7 heteroatoms. The molecule has 0 atom stereocenters. The molecule has 24 heavy (non-hydrogen) atoms. The van der Waals surface area contributed by atoms with Crippen LogP contribution in [0.4, 0.5) is 0 Å². The van der Waals surface area contributed by atoms with Gasteiger partial charge in [-0.3, -0.25) is 14.6 Å². The molecule has 2 heterocycles. The summed E-state index contributed by atoms with van der Waals surface area (Å²) < 4.78 is 7.08. The maximum atomic E-state index is 12.3. The van der Waals surface area contributed by atoms with Crippen LogP contribution in [-0.4, -0.2) is 33.0 Å². The fraction of sp³-hybridized carbons (Fsp3) is 0.235. The van der Waals surface area contributed by atoms with E-state index in [0.717, 1.165) is 17.0 Å². The number of H-pyrrole nitrogens is 1. The topological polar surface area (TPSA) is 84.8 Å². The van der Waals surface area contributed by atoms with Gasteiger partial charge in [-0.1, -0.05) is 12.1 Å². The number of aromatic amines is 1. The Morgan fingerprint density at radius 3 is 2.83 bits per heavy atom. The van der Waals surface area contributed by atoms with Crippen LogP contribution in [0.2, 0.25) is 0 Å². The van der Waals surface area contributed by atoms with Crippen LogP contribution >= 0.6 is 0 Å². The quantitative estimate of drug-likeness (QED) is 0.752. The lowest BCUT2D eigenvalue weighted by atomic mass is 10.1. The fourth-order valence-corrected chi connectivity index (χ4v) is 2.53. The average Bonchev–Trinajstić information content (AvgIpc) is 3.19.